The van der Waals surface area contributed by atoms with Gasteiger partial charge in [0.1, 0.15) is 0 Å². The maximum atomic E-state index is 12.1. The van der Waals surface area contributed by atoms with Gasteiger partial charge in [-0.25, -0.2) is 0 Å². The first-order valence-corrected chi connectivity index (χ1v) is 9.25. The van der Waals surface area contributed by atoms with Gasteiger partial charge in [-0.1, -0.05) is 54.6 Å². The van der Waals surface area contributed by atoms with E-state index in [1.54, 1.807) is 6.08 Å². The van der Waals surface area contributed by atoms with Gasteiger partial charge in [-0.3, -0.25) is 4.79 Å². The molecular weight excluding hydrogens is 356 g/mol. The molecule has 0 aliphatic rings. The molecule has 4 heteroatoms. The van der Waals surface area contributed by atoms with Gasteiger partial charge in [-0.2, -0.15) is 0 Å². The lowest BCUT2D eigenvalue weighted by atomic mass is 10.0. The van der Waals surface area contributed by atoms with Gasteiger partial charge in [0.05, 0.1) is 0 Å². The summed E-state index contributed by atoms with van der Waals surface area (Å²) >= 11 is 5.77. The molecule has 0 heterocycles. The SMILES string of the molecule is NCc1ccc(-c2cccc(/C=C/C(=O)Nc3ccc(CCl)cc3)c2)cc1. The van der Waals surface area contributed by atoms with Gasteiger partial charge < -0.3 is 11.1 Å². The molecule has 0 aliphatic heterocycles. The van der Waals surface area contributed by atoms with Crippen molar-refractivity contribution in [1.29, 1.82) is 0 Å². The number of anilines is 1. The van der Waals surface area contributed by atoms with Crippen molar-refractivity contribution in [3.05, 3.63) is 95.6 Å². The third-order valence-electron chi connectivity index (χ3n) is 4.21. The highest BCUT2D eigenvalue weighted by molar-refractivity contribution is 6.17. The van der Waals surface area contributed by atoms with E-state index < -0.39 is 0 Å². The first-order valence-electron chi connectivity index (χ1n) is 8.71. The van der Waals surface area contributed by atoms with E-state index in [-0.39, 0.29) is 5.91 Å². The Labute approximate surface area is 164 Å². The highest BCUT2D eigenvalue weighted by Gasteiger charge is 2.01. The minimum Gasteiger partial charge on any atom is -0.326 e. The summed E-state index contributed by atoms with van der Waals surface area (Å²) in [5.74, 6) is 0.283. The smallest absolute Gasteiger partial charge is 0.248 e. The number of benzene rings is 3. The van der Waals surface area contributed by atoms with Gasteiger partial charge in [0.25, 0.3) is 0 Å². The summed E-state index contributed by atoms with van der Waals surface area (Å²) in [6.45, 7) is 0.534. The van der Waals surface area contributed by atoms with Gasteiger partial charge in [0, 0.05) is 24.2 Å². The monoisotopic (exact) mass is 376 g/mol. The van der Waals surface area contributed by atoms with Crippen LogP contribution in [0, 0.1) is 0 Å². The first-order chi connectivity index (χ1) is 13.2. The second kappa shape index (κ2) is 9.17. The van der Waals surface area contributed by atoms with Crippen molar-refractivity contribution < 1.29 is 4.79 Å². The molecule has 3 N–H and O–H groups in total. The summed E-state index contributed by atoms with van der Waals surface area (Å²) in [5.41, 5.74) is 11.7. The molecular formula is C23H21ClN2O. The van der Waals surface area contributed by atoms with E-state index in [9.17, 15) is 4.79 Å². The van der Waals surface area contributed by atoms with Crippen LogP contribution in [-0.2, 0) is 17.2 Å². The highest BCUT2D eigenvalue weighted by Crippen LogP contribution is 2.21. The van der Waals surface area contributed by atoms with Crippen LogP contribution in [0.3, 0.4) is 0 Å². The summed E-state index contributed by atoms with van der Waals surface area (Å²) in [6.07, 6.45) is 3.34. The van der Waals surface area contributed by atoms with E-state index in [0.29, 0.717) is 12.4 Å². The molecule has 0 fully saturated rings. The summed E-state index contributed by atoms with van der Waals surface area (Å²) in [4.78, 5) is 12.1. The number of carbonyl (C=O) groups is 1. The predicted octanol–water partition coefficient (Wildman–Crippen LogP) is 5.20. The molecule has 0 bridgehead atoms. The Balaban J connectivity index is 1.68. The molecule has 3 aromatic rings. The van der Waals surface area contributed by atoms with Crippen LogP contribution < -0.4 is 11.1 Å². The number of rotatable bonds is 6. The number of nitrogens with one attached hydrogen (secondary N) is 1. The third-order valence-corrected chi connectivity index (χ3v) is 4.52. The molecule has 0 aliphatic carbocycles. The van der Waals surface area contributed by atoms with Crippen LogP contribution in [-0.4, -0.2) is 5.91 Å². The van der Waals surface area contributed by atoms with Crippen LogP contribution in [0.2, 0.25) is 0 Å². The quantitative estimate of drug-likeness (QED) is 0.458. The number of amides is 1. The standard InChI is InChI=1S/C23H21ClN2O/c24-15-18-6-11-22(12-7-18)26-23(27)13-8-17-2-1-3-21(14-17)20-9-4-19(16-25)5-10-20/h1-14H,15-16,25H2,(H,26,27)/b13-8+. The van der Waals surface area contributed by atoms with Gasteiger partial charge in [-0.15, -0.1) is 11.6 Å². The molecule has 136 valence electrons. The molecule has 0 spiro atoms. The second-order valence-corrected chi connectivity index (χ2v) is 6.45. The number of carbonyl (C=O) groups excluding carboxylic acids is 1. The molecule has 0 atom stereocenters. The maximum absolute atomic E-state index is 12.1. The molecule has 1 amide bonds. The van der Waals surface area contributed by atoms with Crippen molar-refractivity contribution >= 4 is 29.3 Å². The van der Waals surface area contributed by atoms with E-state index in [1.807, 2.05) is 54.6 Å². The number of hydrogen-bond donors (Lipinski definition) is 2. The van der Waals surface area contributed by atoms with Crippen molar-refractivity contribution in [2.75, 3.05) is 5.32 Å². The fraction of sp³-hybridized carbons (Fsp3) is 0.0870. The summed E-state index contributed by atoms with van der Waals surface area (Å²) < 4.78 is 0. The van der Waals surface area contributed by atoms with Gasteiger partial charge >= 0.3 is 0 Å². The minimum atomic E-state index is -0.175. The lowest BCUT2D eigenvalue weighted by Gasteiger charge is -2.05. The Morgan fingerprint density at radius 2 is 1.63 bits per heavy atom. The molecule has 3 nitrogen and oxygen atoms in total. The Morgan fingerprint density at radius 1 is 0.926 bits per heavy atom. The van der Waals surface area contributed by atoms with E-state index in [2.05, 4.69) is 23.5 Å². The first kappa shape index (κ1) is 18.9. The number of halogens is 1. The van der Waals surface area contributed by atoms with Crippen molar-refractivity contribution in [2.24, 2.45) is 5.73 Å². The van der Waals surface area contributed by atoms with E-state index in [4.69, 9.17) is 17.3 Å². The largest absolute Gasteiger partial charge is 0.326 e. The molecule has 3 aromatic carbocycles. The molecule has 0 radical (unpaired) electrons. The maximum Gasteiger partial charge on any atom is 0.248 e. The summed E-state index contributed by atoms with van der Waals surface area (Å²) in [7, 11) is 0. The third kappa shape index (κ3) is 5.30. The fourth-order valence-electron chi connectivity index (χ4n) is 2.69. The molecule has 0 saturated carbocycles. The van der Waals surface area contributed by atoms with E-state index >= 15 is 0 Å². The second-order valence-electron chi connectivity index (χ2n) is 6.18. The van der Waals surface area contributed by atoms with Crippen LogP contribution in [0.15, 0.2) is 78.9 Å². The van der Waals surface area contributed by atoms with E-state index in [1.165, 1.54) is 6.08 Å². The molecule has 3 rings (SSSR count). The number of alkyl halides is 1. The van der Waals surface area contributed by atoms with Gasteiger partial charge in [0.2, 0.25) is 5.91 Å². The van der Waals surface area contributed by atoms with Crippen LogP contribution in [0.25, 0.3) is 17.2 Å². The zero-order valence-corrected chi connectivity index (χ0v) is 15.6. The Hall–Kier alpha value is -2.88. The Kier molecular flexibility index (Phi) is 6.42. The number of nitrogens with two attached hydrogens (primary N) is 1. The van der Waals surface area contributed by atoms with Crippen molar-refractivity contribution in [3.63, 3.8) is 0 Å². The van der Waals surface area contributed by atoms with Crippen molar-refractivity contribution in [3.8, 4) is 11.1 Å². The lowest BCUT2D eigenvalue weighted by Crippen LogP contribution is -2.07. The zero-order valence-electron chi connectivity index (χ0n) is 14.9. The average molecular weight is 377 g/mol. The lowest BCUT2D eigenvalue weighted by molar-refractivity contribution is -0.111. The minimum absolute atomic E-state index is 0.175. The average Bonchev–Trinajstić information content (AvgIpc) is 2.73. The van der Waals surface area contributed by atoms with Crippen LogP contribution in [0.1, 0.15) is 16.7 Å². The Bertz CT molecular complexity index is 931. The Morgan fingerprint density at radius 3 is 2.30 bits per heavy atom. The fourth-order valence-corrected chi connectivity index (χ4v) is 2.87. The van der Waals surface area contributed by atoms with Crippen molar-refractivity contribution in [2.45, 2.75) is 12.4 Å². The van der Waals surface area contributed by atoms with Crippen molar-refractivity contribution in [1.82, 2.24) is 0 Å². The van der Waals surface area contributed by atoms with E-state index in [0.717, 1.165) is 33.5 Å². The zero-order chi connectivity index (χ0) is 19.1. The highest BCUT2D eigenvalue weighted by atomic mass is 35.5. The summed E-state index contributed by atoms with van der Waals surface area (Å²) in [5, 5.41) is 2.84. The van der Waals surface area contributed by atoms with Crippen LogP contribution in [0.4, 0.5) is 5.69 Å². The molecule has 0 unspecified atom stereocenters. The normalized spacial score (nSPS) is 10.9. The van der Waals surface area contributed by atoms with Crippen LogP contribution in [0.5, 0.6) is 0 Å². The van der Waals surface area contributed by atoms with Gasteiger partial charge in [-0.05, 0) is 52.1 Å². The molecule has 0 saturated heterocycles. The molecule has 0 aromatic heterocycles. The molecule has 27 heavy (non-hydrogen) atoms. The number of hydrogen-bond acceptors (Lipinski definition) is 2. The summed E-state index contributed by atoms with van der Waals surface area (Å²) in [6, 6.07) is 23.7. The topological polar surface area (TPSA) is 55.1 Å². The predicted molar refractivity (Wildman–Crippen MR) is 113 cm³/mol. The van der Waals surface area contributed by atoms with Crippen LogP contribution >= 0.6 is 11.6 Å². The van der Waals surface area contributed by atoms with Gasteiger partial charge in [0.15, 0.2) is 0 Å².